The highest BCUT2D eigenvalue weighted by molar-refractivity contribution is 7.98. The fourth-order valence-electron chi connectivity index (χ4n) is 1.76. The summed E-state index contributed by atoms with van der Waals surface area (Å²) in [7, 11) is 0. The van der Waals surface area contributed by atoms with Crippen LogP contribution in [0.5, 0.6) is 0 Å². The van der Waals surface area contributed by atoms with Crippen LogP contribution in [-0.2, 0) is 5.75 Å². The number of halogens is 1. The Bertz CT molecular complexity index is 705. The molecule has 20 heavy (non-hydrogen) atoms. The Balaban J connectivity index is 1.89. The lowest BCUT2D eigenvalue weighted by atomic mass is 10.2. The summed E-state index contributed by atoms with van der Waals surface area (Å²) in [4.78, 5) is 0.835. The number of fused-ring (bicyclic) bond motifs is 1. The van der Waals surface area contributed by atoms with Crippen LogP contribution in [0.3, 0.4) is 0 Å². The fourth-order valence-corrected chi connectivity index (χ4v) is 3.55. The number of hydrogen-bond donors (Lipinski definition) is 0. The summed E-state index contributed by atoms with van der Waals surface area (Å²) in [6.07, 6.45) is 1.17. The highest BCUT2D eigenvalue weighted by Crippen LogP contribution is 2.27. The van der Waals surface area contributed by atoms with Gasteiger partial charge in [-0.15, -0.1) is 10.2 Å². The van der Waals surface area contributed by atoms with Crippen LogP contribution in [0.25, 0.3) is 15.5 Å². The van der Waals surface area contributed by atoms with Crippen molar-refractivity contribution >= 4 is 39.7 Å². The molecule has 0 aliphatic rings. The first-order chi connectivity index (χ1) is 9.78. The SMILES string of the molecule is CCCSCc1nnc2sc(-c3ccc(Cl)cc3)nn12. The molecule has 0 amide bonds. The van der Waals surface area contributed by atoms with Crippen LogP contribution in [0.1, 0.15) is 19.2 Å². The van der Waals surface area contributed by atoms with Gasteiger partial charge in [-0.2, -0.15) is 21.4 Å². The van der Waals surface area contributed by atoms with Crippen LogP contribution in [-0.4, -0.2) is 25.6 Å². The maximum absolute atomic E-state index is 5.91. The maximum Gasteiger partial charge on any atom is 0.235 e. The number of rotatable bonds is 5. The van der Waals surface area contributed by atoms with E-state index in [4.69, 9.17) is 11.6 Å². The van der Waals surface area contributed by atoms with E-state index in [9.17, 15) is 0 Å². The minimum Gasteiger partial charge on any atom is -0.186 e. The van der Waals surface area contributed by atoms with Gasteiger partial charge >= 0.3 is 0 Å². The van der Waals surface area contributed by atoms with Crippen LogP contribution in [0.4, 0.5) is 0 Å². The number of aromatic nitrogens is 4. The van der Waals surface area contributed by atoms with E-state index in [1.54, 1.807) is 11.3 Å². The summed E-state index contributed by atoms with van der Waals surface area (Å²) in [6.45, 7) is 2.17. The second-order valence-corrected chi connectivity index (χ2v) is 6.77. The van der Waals surface area contributed by atoms with E-state index in [-0.39, 0.29) is 0 Å². The van der Waals surface area contributed by atoms with Crippen LogP contribution in [0, 0.1) is 0 Å². The van der Waals surface area contributed by atoms with Gasteiger partial charge in [0.05, 0.1) is 5.75 Å². The Morgan fingerprint density at radius 3 is 2.80 bits per heavy atom. The number of nitrogens with zero attached hydrogens (tertiary/aromatic N) is 4. The van der Waals surface area contributed by atoms with Gasteiger partial charge in [0.1, 0.15) is 5.01 Å². The first kappa shape index (κ1) is 13.9. The summed E-state index contributed by atoms with van der Waals surface area (Å²) >= 11 is 9.30. The van der Waals surface area contributed by atoms with Gasteiger partial charge in [0.15, 0.2) is 5.82 Å². The van der Waals surface area contributed by atoms with Crippen molar-refractivity contribution in [2.45, 2.75) is 19.1 Å². The Morgan fingerprint density at radius 2 is 2.05 bits per heavy atom. The zero-order chi connectivity index (χ0) is 13.9. The monoisotopic (exact) mass is 324 g/mol. The van der Waals surface area contributed by atoms with Crippen molar-refractivity contribution in [1.29, 1.82) is 0 Å². The first-order valence-electron chi connectivity index (χ1n) is 6.32. The summed E-state index contributed by atoms with van der Waals surface area (Å²) < 4.78 is 1.84. The molecule has 0 bridgehead atoms. The van der Waals surface area contributed by atoms with Crippen molar-refractivity contribution in [2.75, 3.05) is 5.75 Å². The van der Waals surface area contributed by atoms with E-state index < -0.39 is 0 Å². The Morgan fingerprint density at radius 1 is 1.25 bits per heavy atom. The lowest BCUT2D eigenvalue weighted by Crippen LogP contribution is -1.94. The van der Waals surface area contributed by atoms with Gasteiger partial charge < -0.3 is 0 Å². The highest BCUT2D eigenvalue weighted by Gasteiger charge is 2.12. The van der Waals surface area contributed by atoms with Gasteiger partial charge in [-0.3, -0.25) is 0 Å². The van der Waals surface area contributed by atoms with Gasteiger partial charge in [-0.1, -0.05) is 42.0 Å². The molecule has 3 aromatic rings. The molecule has 7 heteroatoms. The molecule has 0 spiro atoms. The summed E-state index contributed by atoms with van der Waals surface area (Å²) in [6, 6.07) is 7.69. The molecule has 0 atom stereocenters. The van der Waals surface area contributed by atoms with Crippen molar-refractivity contribution in [3.8, 4) is 10.6 Å². The van der Waals surface area contributed by atoms with Crippen LogP contribution in [0.2, 0.25) is 5.02 Å². The predicted octanol–water partition coefficient (Wildman–Crippen LogP) is 4.15. The zero-order valence-electron chi connectivity index (χ0n) is 10.9. The molecule has 104 valence electrons. The summed E-state index contributed by atoms with van der Waals surface area (Å²) in [5.41, 5.74) is 1.05. The molecule has 0 radical (unpaired) electrons. The van der Waals surface area contributed by atoms with E-state index >= 15 is 0 Å². The summed E-state index contributed by atoms with van der Waals surface area (Å²) in [5, 5.41) is 14.7. The second-order valence-electron chi connectivity index (χ2n) is 4.28. The largest absolute Gasteiger partial charge is 0.235 e. The van der Waals surface area contributed by atoms with Crippen LogP contribution in [0.15, 0.2) is 24.3 Å². The van der Waals surface area contributed by atoms with Crippen molar-refractivity contribution in [3.05, 3.63) is 35.1 Å². The molecule has 3 rings (SSSR count). The van der Waals surface area contributed by atoms with Crippen LogP contribution < -0.4 is 0 Å². The number of benzene rings is 1. The van der Waals surface area contributed by atoms with Gasteiger partial charge in [0.25, 0.3) is 0 Å². The lowest BCUT2D eigenvalue weighted by Gasteiger charge is -1.96. The Kier molecular flexibility index (Phi) is 4.24. The third-order valence-electron chi connectivity index (χ3n) is 2.73. The minimum atomic E-state index is 0.730. The van der Waals surface area contributed by atoms with E-state index in [2.05, 4.69) is 22.2 Å². The first-order valence-corrected chi connectivity index (χ1v) is 8.67. The van der Waals surface area contributed by atoms with E-state index in [1.165, 1.54) is 6.42 Å². The Labute approximate surface area is 130 Å². The molecule has 4 nitrogen and oxygen atoms in total. The van der Waals surface area contributed by atoms with Gasteiger partial charge in [-0.25, -0.2) is 0 Å². The zero-order valence-corrected chi connectivity index (χ0v) is 13.3. The van der Waals surface area contributed by atoms with E-state index in [0.29, 0.717) is 0 Å². The standard InChI is InChI=1S/C13H13ClN4S2/c1-2-7-19-8-11-15-16-13-18(11)17-12(20-13)9-3-5-10(14)6-4-9/h3-6H,2,7-8H2,1H3. The van der Waals surface area contributed by atoms with Crippen LogP contribution >= 0.6 is 34.7 Å². The molecule has 2 heterocycles. The third kappa shape index (κ3) is 2.82. The van der Waals surface area contributed by atoms with E-state index in [0.717, 1.165) is 37.9 Å². The fraction of sp³-hybridized carbons (Fsp3) is 0.308. The average Bonchev–Trinajstić information content (AvgIpc) is 3.01. The highest BCUT2D eigenvalue weighted by atomic mass is 35.5. The maximum atomic E-state index is 5.91. The van der Waals surface area contributed by atoms with Gasteiger partial charge in [-0.05, 0) is 24.3 Å². The van der Waals surface area contributed by atoms with Crippen molar-refractivity contribution < 1.29 is 0 Å². The van der Waals surface area contributed by atoms with Crippen molar-refractivity contribution in [3.63, 3.8) is 0 Å². The normalized spacial score (nSPS) is 11.3. The molecule has 0 N–H and O–H groups in total. The molecule has 0 unspecified atom stereocenters. The topological polar surface area (TPSA) is 43.1 Å². The van der Waals surface area contributed by atoms with Gasteiger partial charge in [0.2, 0.25) is 4.96 Å². The molecule has 0 aliphatic carbocycles. The van der Waals surface area contributed by atoms with Crippen molar-refractivity contribution in [2.24, 2.45) is 0 Å². The molecule has 0 saturated heterocycles. The van der Waals surface area contributed by atoms with Crippen molar-refractivity contribution in [1.82, 2.24) is 19.8 Å². The quantitative estimate of drug-likeness (QED) is 0.661. The minimum absolute atomic E-state index is 0.730. The predicted molar refractivity (Wildman–Crippen MR) is 85.6 cm³/mol. The molecular formula is C13H13ClN4S2. The third-order valence-corrected chi connectivity index (χ3v) is 5.09. The second kappa shape index (κ2) is 6.11. The molecule has 0 fully saturated rings. The van der Waals surface area contributed by atoms with Gasteiger partial charge in [0, 0.05) is 10.6 Å². The molecule has 0 aliphatic heterocycles. The molecular weight excluding hydrogens is 312 g/mol. The Hall–Kier alpha value is -1.11. The molecule has 2 aromatic heterocycles. The number of thioether (sulfide) groups is 1. The molecule has 0 saturated carbocycles. The smallest absolute Gasteiger partial charge is 0.186 e. The van der Waals surface area contributed by atoms with E-state index in [1.807, 2.05) is 40.5 Å². The summed E-state index contributed by atoms with van der Waals surface area (Å²) in [5.74, 6) is 2.89. The lowest BCUT2D eigenvalue weighted by molar-refractivity contribution is 0.887. The number of hydrogen-bond acceptors (Lipinski definition) is 5. The average molecular weight is 325 g/mol. The molecule has 1 aromatic carbocycles.